The topological polar surface area (TPSA) is 54.5 Å². The highest BCUT2D eigenvalue weighted by Gasteiger charge is 2.29. The summed E-state index contributed by atoms with van der Waals surface area (Å²) in [7, 11) is -4.24. The van der Waals surface area contributed by atoms with Gasteiger partial charge >= 0.3 is 0 Å². The smallest absolute Gasteiger partial charge is 0.252 e. The van der Waals surface area contributed by atoms with Gasteiger partial charge < -0.3 is 0 Å². The maximum absolute atomic E-state index is 12.1. The molecule has 0 bridgehead atoms. The molecule has 0 radical (unpaired) electrons. The van der Waals surface area contributed by atoms with E-state index in [-0.39, 0.29) is 0 Å². The number of nitrogens with zero attached hydrogens (tertiary/aromatic N) is 1. The highest BCUT2D eigenvalue weighted by atomic mass is 79.9. The molecule has 4 nitrogen and oxygen atoms in total. The fourth-order valence-corrected chi connectivity index (χ4v) is 6.31. The summed E-state index contributed by atoms with van der Waals surface area (Å²) in [5.41, 5.74) is 0. The zero-order chi connectivity index (χ0) is 11.8. The Kier molecular flexibility index (Phi) is 3.85. The van der Waals surface area contributed by atoms with Gasteiger partial charge in [0.2, 0.25) is 0 Å². The third-order valence-electron chi connectivity index (χ3n) is 2.28. The number of rotatable bonds is 2. The molecule has 0 spiro atoms. The zero-order valence-electron chi connectivity index (χ0n) is 8.26. The quantitative estimate of drug-likeness (QED) is 0.812. The van der Waals surface area contributed by atoms with Gasteiger partial charge in [-0.05, 0) is 28.1 Å². The first-order valence-corrected chi connectivity index (χ1v) is 9.14. The first-order chi connectivity index (χ1) is 7.50. The SMILES string of the molecule is O=S1CCN(S(=O)(=O)c2ccc(Br)s2)CC1. The molecule has 90 valence electrons. The molecule has 1 aliphatic heterocycles. The summed E-state index contributed by atoms with van der Waals surface area (Å²) in [4.78, 5) is 0. The van der Waals surface area contributed by atoms with Crippen LogP contribution in [0.1, 0.15) is 0 Å². The largest absolute Gasteiger partial charge is 0.259 e. The lowest BCUT2D eigenvalue weighted by atomic mass is 10.6. The predicted molar refractivity (Wildman–Crippen MR) is 68.7 cm³/mol. The van der Waals surface area contributed by atoms with Gasteiger partial charge in [-0.1, -0.05) is 0 Å². The Labute approximate surface area is 109 Å². The summed E-state index contributed by atoms with van der Waals surface area (Å²) in [5.74, 6) is 0.873. The minimum Gasteiger partial charge on any atom is -0.259 e. The van der Waals surface area contributed by atoms with E-state index in [0.29, 0.717) is 28.8 Å². The molecule has 8 heteroatoms. The molecule has 0 saturated carbocycles. The highest BCUT2D eigenvalue weighted by molar-refractivity contribution is 9.11. The van der Waals surface area contributed by atoms with E-state index in [1.54, 1.807) is 12.1 Å². The second kappa shape index (κ2) is 4.85. The monoisotopic (exact) mass is 343 g/mol. The van der Waals surface area contributed by atoms with Crippen molar-refractivity contribution in [3.05, 3.63) is 15.9 Å². The minimum absolute atomic E-state index is 0.340. The van der Waals surface area contributed by atoms with Gasteiger partial charge in [-0.25, -0.2) is 8.42 Å². The molecule has 16 heavy (non-hydrogen) atoms. The van der Waals surface area contributed by atoms with Crippen molar-refractivity contribution in [3.63, 3.8) is 0 Å². The number of hydrogen-bond acceptors (Lipinski definition) is 4. The molecule has 0 amide bonds. The number of thiophene rings is 1. The molecule has 1 aromatic rings. The first-order valence-electron chi connectivity index (χ1n) is 4.60. The first kappa shape index (κ1) is 12.7. The fourth-order valence-electron chi connectivity index (χ4n) is 1.43. The number of halogens is 1. The third-order valence-corrected chi connectivity index (χ3v) is 7.54. The lowest BCUT2D eigenvalue weighted by molar-refractivity contribution is 0.440. The Morgan fingerprint density at radius 3 is 2.44 bits per heavy atom. The lowest BCUT2D eigenvalue weighted by Gasteiger charge is -2.24. The average Bonchev–Trinajstić information content (AvgIpc) is 2.66. The summed E-state index contributed by atoms with van der Waals surface area (Å²) >= 11 is 4.45. The second-order valence-electron chi connectivity index (χ2n) is 3.31. The van der Waals surface area contributed by atoms with Crippen molar-refractivity contribution in [2.24, 2.45) is 0 Å². The molecule has 0 aliphatic carbocycles. The van der Waals surface area contributed by atoms with Crippen molar-refractivity contribution in [2.45, 2.75) is 4.21 Å². The Balaban J connectivity index is 2.23. The van der Waals surface area contributed by atoms with Gasteiger partial charge in [-0.3, -0.25) is 4.21 Å². The van der Waals surface area contributed by atoms with Crippen LogP contribution >= 0.6 is 27.3 Å². The zero-order valence-corrected chi connectivity index (χ0v) is 12.3. The van der Waals surface area contributed by atoms with Gasteiger partial charge in [0.1, 0.15) is 4.21 Å². The molecule has 2 heterocycles. The molecule has 1 aliphatic rings. The van der Waals surface area contributed by atoms with E-state index in [1.165, 1.54) is 15.6 Å². The van der Waals surface area contributed by atoms with Crippen LogP contribution in [0.4, 0.5) is 0 Å². The van der Waals surface area contributed by atoms with Gasteiger partial charge in [0, 0.05) is 35.4 Å². The second-order valence-corrected chi connectivity index (χ2v) is 9.63. The molecule has 1 saturated heterocycles. The van der Waals surface area contributed by atoms with Crippen LogP contribution in [0.3, 0.4) is 0 Å². The molecule has 2 rings (SSSR count). The molecule has 0 unspecified atom stereocenters. The van der Waals surface area contributed by atoms with Gasteiger partial charge in [0.15, 0.2) is 0 Å². The average molecular weight is 344 g/mol. The normalized spacial score (nSPS) is 20.1. The minimum atomic E-state index is -3.38. The number of sulfonamides is 1. The summed E-state index contributed by atoms with van der Waals surface area (Å²) in [6.45, 7) is 0.703. The van der Waals surface area contributed by atoms with E-state index in [1.807, 2.05) is 0 Å². The van der Waals surface area contributed by atoms with Gasteiger partial charge in [0.05, 0.1) is 3.79 Å². The van der Waals surface area contributed by atoms with Crippen LogP contribution in [-0.2, 0) is 20.8 Å². The molecule has 1 fully saturated rings. The Morgan fingerprint density at radius 1 is 1.31 bits per heavy atom. The van der Waals surface area contributed by atoms with Crippen LogP contribution < -0.4 is 0 Å². The van der Waals surface area contributed by atoms with Crippen molar-refractivity contribution in [3.8, 4) is 0 Å². The van der Waals surface area contributed by atoms with Crippen LogP contribution in [0.5, 0.6) is 0 Å². The Bertz CT molecular complexity index is 500. The molecule has 0 atom stereocenters. The third kappa shape index (κ3) is 2.56. The van der Waals surface area contributed by atoms with Gasteiger partial charge in [-0.2, -0.15) is 4.31 Å². The van der Waals surface area contributed by atoms with E-state index in [4.69, 9.17) is 0 Å². The van der Waals surface area contributed by atoms with Gasteiger partial charge in [0.25, 0.3) is 10.0 Å². The van der Waals surface area contributed by atoms with Crippen LogP contribution in [0.15, 0.2) is 20.1 Å². The summed E-state index contributed by atoms with van der Waals surface area (Å²) in [5, 5.41) is 0. The van der Waals surface area contributed by atoms with E-state index in [9.17, 15) is 12.6 Å². The standard InChI is InChI=1S/C8H10BrNO3S3/c9-7-1-2-8(14-7)16(12,13)10-3-5-15(11)6-4-10/h1-2H,3-6H2. The van der Waals surface area contributed by atoms with Crippen molar-refractivity contribution in [1.29, 1.82) is 0 Å². The van der Waals surface area contributed by atoms with Crippen molar-refractivity contribution in [2.75, 3.05) is 24.6 Å². The predicted octanol–water partition coefficient (Wildman–Crippen LogP) is 1.26. The Morgan fingerprint density at radius 2 is 1.94 bits per heavy atom. The summed E-state index contributed by atoms with van der Waals surface area (Å²) < 4.78 is 38.0. The van der Waals surface area contributed by atoms with Crippen LogP contribution in [-0.4, -0.2) is 41.5 Å². The molecule has 1 aromatic heterocycles. The van der Waals surface area contributed by atoms with E-state index < -0.39 is 20.8 Å². The van der Waals surface area contributed by atoms with E-state index in [0.717, 1.165) is 3.79 Å². The lowest BCUT2D eigenvalue weighted by Crippen LogP contribution is -2.41. The number of hydrogen-bond donors (Lipinski definition) is 0. The fraction of sp³-hybridized carbons (Fsp3) is 0.500. The Hall–Kier alpha value is 0.240. The maximum Gasteiger partial charge on any atom is 0.252 e. The van der Waals surface area contributed by atoms with E-state index in [2.05, 4.69) is 15.9 Å². The molecular weight excluding hydrogens is 334 g/mol. The van der Waals surface area contributed by atoms with Crippen LogP contribution in [0.2, 0.25) is 0 Å². The highest BCUT2D eigenvalue weighted by Crippen LogP contribution is 2.28. The molecule has 0 N–H and O–H groups in total. The van der Waals surface area contributed by atoms with Crippen molar-refractivity contribution >= 4 is 48.1 Å². The van der Waals surface area contributed by atoms with Crippen LogP contribution in [0.25, 0.3) is 0 Å². The van der Waals surface area contributed by atoms with Gasteiger partial charge in [-0.15, -0.1) is 11.3 Å². The molecular formula is C8H10BrNO3S3. The van der Waals surface area contributed by atoms with Crippen molar-refractivity contribution in [1.82, 2.24) is 4.31 Å². The summed E-state index contributed by atoms with van der Waals surface area (Å²) in [6, 6.07) is 3.31. The van der Waals surface area contributed by atoms with Crippen LogP contribution in [0, 0.1) is 0 Å². The molecule has 0 aromatic carbocycles. The van der Waals surface area contributed by atoms with E-state index >= 15 is 0 Å². The summed E-state index contributed by atoms with van der Waals surface area (Å²) in [6.07, 6.45) is 0. The van der Waals surface area contributed by atoms with Crippen molar-refractivity contribution < 1.29 is 12.6 Å². The maximum atomic E-state index is 12.1.